The lowest BCUT2D eigenvalue weighted by atomic mass is 9.30. The Morgan fingerprint density at radius 1 is 0.286 bits per heavy atom. The van der Waals surface area contributed by atoms with Crippen LogP contribution in [0.3, 0.4) is 0 Å². The zero-order chi connectivity index (χ0) is 41.2. The largest absolute Gasteiger partial charge is 0.311 e. The van der Waals surface area contributed by atoms with Gasteiger partial charge in [0.25, 0.3) is 13.4 Å². The first-order valence-corrected chi connectivity index (χ1v) is 22.6. The van der Waals surface area contributed by atoms with Crippen molar-refractivity contribution < 1.29 is 0 Å². The van der Waals surface area contributed by atoms with E-state index in [9.17, 15) is 0 Å². The van der Waals surface area contributed by atoms with Gasteiger partial charge in [0.15, 0.2) is 0 Å². The summed E-state index contributed by atoms with van der Waals surface area (Å²) in [6.07, 6.45) is 0. The Balaban J connectivity index is 1.11. The number of hydrogen-bond acceptors (Lipinski definition) is 5. The van der Waals surface area contributed by atoms with Crippen molar-refractivity contribution in [1.82, 2.24) is 0 Å². The van der Waals surface area contributed by atoms with Gasteiger partial charge in [0.2, 0.25) is 0 Å². The third-order valence-electron chi connectivity index (χ3n) is 13.6. The van der Waals surface area contributed by atoms with Crippen LogP contribution in [0.25, 0.3) is 10.1 Å². The Morgan fingerprint density at radius 3 is 1.27 bits per heavy atom. The van der Waals surface area contributed by atoms with Crippen molar-refractivity contribution in [3.05, 3.63) is 218 Å². The number of benzene rings is 9. The average Bonchev–Trinajstić information content (AvgIpc) is 3.73. The van der Waals surface area contributed by atoms with Gasteiger partial charge in [0.05, 0.1) is 5.00 Å². The topological polar surface area (TPSA) is 13.0 Å². The minimum absolute atomic E-state index is 0.00228. The van der Waals surface area contributed by atoms with Crippen molar-refractivity contribution in [2.45, 2.75) is 0 Å². The highest BCUT2D eigenvalue weighted by Gasteiger charge is 2.48. The monoisotopic (exact) mass is 818 g/mol. The molecule has 14 rings (SSSR count). The van der Waals surface area contributed by atoms with Gasteiger partial charge in [-0.1, -0.05) is 127 Å². The molecule has 63 heavy (non-hydrogen) atoms. The van der Waals surface area contributed by atoms with Crippen molar-refractivity contribution in [3.63, 3.8) is 0 Å². The molecule has 4 aliphatic heterocycles. The van der Waals surface area contributed by atoms with Crippen molar-refractivity contribution in [2.75, 3.05) is 19.6 Å². The molecular weight excluding hydrogens is 782 g/mol. The smallest absolute Gasteiger partial charge is 0.254 e. The molecule has 1 aromatic heterocycles. The summed E-state index contributed by atoms with van der Waals surface area (Å²) in [4.78, 5) is 10.1. The van der Waals surface area contributed by atoms with Crippen LogP contribution >= 0.6 is 11.3 Å². The first kappa shape index (κ1) is 34.9. The molecule has 292 valence electrons. The highest BCUT2D eigenvalue weighted by molar-refractivity contribution is 7.26. The second-order valence-electron chi connectivity index (χ2n) is 16.8. The molecule has 0 unspecified atom stereocenters. The maximum atomic E-state index is 2.62. The van der Waals surface area contributed by atoms with E-state index in [1.54, 1.807) is 0 Å². The molecule has 0 spiro atoms. The van der Waals surface area contributed by atoms with Gasteiger partial charge in [-0.25, -0.2) is 0 Å². The zero-order valence-corrected chi connectivity index (χ0v) is 35.0. The SMILES string of the molecule is c1ccc(N2c3ccccc3B3c4cc5c(cc4N(c4ccccc4)c4cccc2c43)N(c2ccccc2)c2cccc3c2B5c2c(sc4ccccc24)N3c2ccccc2)cc1. The first-order valence-electron chi connectivity index (χ1n) is 21.8. The summed E-state index contributed by atoms with van der Waals surface area (Å²) in [6, 6.07) is 80.9. The average molecular weight is 819 g/mol. The van der Waals surface area contributed by atoms with Crippen LogP contribution in [0, 0.1) is 0 Å². The van der Waals surface area contributed by atoms with Crippen LogP contribution in [0.1, 0.15) is 0 Å². The molecule has 0 aliphatic carbocycles. The van der Waals surface area contributed by atoms with Crippen molar-refractivity contribution in [2.24, 2.45) is 0 Å². The third-order valence-corrected chi connectivity index (χ3v) is 14.8. The molecule has 0 atom stereocenters. The second-order valence-corrected chi connectivity index (χ2v) is 17.8. The Bertz CT molecular complexity index is 3450. The van der Waals surface area contributed by atoms with E-state index in [1.165, 1.54) is 93.4 Å². The van der Waals surface area contributed by atoms with Gasteiger partial charge in [-0.15, -0.1) is 11.3 Å². The van der Waals surface area contributed by atoms with E-state index in [0.29, 0.717) is 0 Å². The quantitative estimate of drug-likeness (QED) is 0.164. The van der Waals surface area contributed by atoms with Gasteiger partial charge >= 0.3 is 0 Å². The fraction of sp³-hybridized carbons (Fsp3) is 0. The fourth-order valence-electron chi connectivity index (χ4n) is 11.2. The lowest BCUT2D eigenvalue weighted by Crippen LogP contribution is -2.65. The molecule has 0 bridgehead atoms. The highest BCUT2D eigenvalue weighted by Crippen LogP contribution is 2.50. The Hall–Kier alpha value is -7.73. The molecular formula is C56H36B2N4S. The predicted molar refractivity (Wildman–Crippen MR) is 270 cm³/mol. The number of para-hydroxylation sites is 5. The molecule has 0 fully saturated rings. The van der Waals surface area contributed by atoms with Crippen LogP contribution in [0.2, 0.25) is 0 Å². The van der Waals surface area contributed by atoms with E-state index < -0.39 is 0 Å². The predicted octanol–water partition coefficient (Wildman–Crippen LogP) is 11.1. The zero-order valence-electron chi connectivity index (χ0n) is 34.1. The van der Waals surface area contributed by atoms with Crippen molar-refractivity contribution >= 4 is 135 Å². The van der Waals surface area contributed by atoms with Crippen LogP contribution in [0.4, 0.5) is 67.6 Å². The number of fused-ring (bicyclic) bond motifs is 10. The van der Waals surface area contributed by atoms with Crippen molar-refractivity contribution in [3.8, 4) is 0 Å². The molecule has 7 heteroatoms. The van der Waals surface area contributed by atoms with Crippen LogP contribution in [0.5, 0.6) is 0 Å². The maximum Gasteiger partial charge on any atom is 0.254 e. The third kappa shape index (κ3) is 4.88. The van der Waals surface area contributed by atoms with Gasteiger partial charge in [0.1, 0.15) is 0 Å². The summed E-state index contributed by atoms with van der Waals surface area (Å²) in [7, 11) is 0. The Kier molecular flexibility index (Phi) is 7.42. The highest BCUT2D eigenvalue weighted by atomic mass is 32.1. The van der Waals surface area contributed by atoms with Gasteiger partial charge in [-0.2, -0.15) is 0 Å². The van der Waals surface area contributed by atoms with E-state index in [1.807, 2.05) is 11.3 Å². The number of rotatable bonds is 4. The van der Waals surface area contributed by atoms with Crippen molar-refractivity contribution in [1.29, 1.82) is 0 Å². The summed E-state index contributed by atoms with van der Waals surface area (Å²) in [5.74, 6) is 0. The maximum absolute atomic E-state index is 2.62. The summed E-state index contributed by atoms with van der Waals surface area (Å²) >= 11 is 1.91. The Labute approximate surface area is 371 Å². The number of thiophene rings is 1. The summed E-state index contributed by atoms with van der Waals surface area (Å²) in [5, 5.41) is 2.61. The fourth-order valence-corrected chi connectivity index (χ4v) is 12.5. The normalized spacial score (nSPS) is 13.8. The van der Waals surface area contributed by atoms with Gasteiger partial charge in [-0.3, -0.25) is 0 Å². The van der Waals surface area contributed by atoms with E-state index in [0.717, 1.165) is 17.1 Å². The van der Waals surface area contributed by atoms with E-state index in [2.05, 4.69) is 238 Å². The summed E-state index contributed by atoms with van der Waals surface area (Å²) in [5.41, 5.74) is 21.1. The van der Waals surface area contributed by atoms with Gasteiger partial charge < -0.3 is 19.6 Å². The molecule has 5 heterocycles. The van der Waals surface area contributed by atoms with E-state index in [4.69, 9.17) is 0 Å². The molecule has 0 N–H and O–H groups in total. The Morgan fingerprint density at radius 2 is 0.698 bits per heavy atom. The molecule has 10 aromatic rings. The minimum atomic E-state index is -0.0101. The first-order chi connectivity index (χ1) is 31.3. The van der Waals surface area contributed by atoms with E-state index >= 15 is 0 Å². The second kappa shape index (κ2) is 13.4. The molecule has 9 aromatic carbocycles. The number of anilines is 12. The molecule has 0 saturated heterocycles. The number of hydrogen-bond donors (Lipinski definition) is 0. The standard InChI is InChI=1S/C56H36B2N4S/c1-5-19-37(20-6-1)59-45-29-15-14-28-42(45)57-43-35-44-51(36-50(43)60(38-21-7-2-8-22-38)47-31-17-30-46(59)54(47)57)61(39-23-9-3-10-24-39)48-32-18-33-49-55(48)58(44)53-41-27-13-16-34-52(41)63-56(53)62(49)40-25-11-4-12-26-40/h1-36H. The van der Waals surface area contributed by atoms with E-state index in [-0.39, 0.29) is 13.4 Å². The summed E-state index contributed by atoms with van der Waals surface area (Å²) in [6.45, 7) is -0.0124. The van der Waals surface area contributed by atoms with Crippen LogP contribution in [-0.2, 0) is 0 Å². The van der Waals surface area contributed by atoms with Crippen LogP contribution < -0.4 is 52.4 Å². The van der Waals surface area contributed by atoms with Crippen LogP contribution in [-0.4, -0.2) is 13.4 Å². The molecule has 4 nitrogen and oxygen atoms in total. The summed E-state index contributed by atoms with van der Waals surface area (Å²) < 4.78 is 1.30. The van der Waals surface area contributed by atoms with Gasteiger partial charge in [-0.05, 0) is 129 Å². The molecule has 0 radical (unpaired) electrons. The number of nitrogens with zero attached hydrogens (tertiary/aromatic N) is 4. The lowest BCUT2D eigenvalue weighted by molar-refractivity contribution is 1.24. The van der Waals surface area contributed by atoms with Crippen LogP contribution in [0.15, 0.2) is 218 Å². The minimum Gasteiger partial charge on any atom is -0.311 e. The molecule has 0 amide bonds. The molecule has 4 aliphatic rings. The lowest BCUT2D eigenvalue weighted by Gasteiger charge is -2.46. The van der Waals surface area contributed by atoms with Gasteiger partial charge in [0, 0.05) is 67.3 Å². The molecule has 0 saturated carbocycles.